The van der Waals surface area contributed by atoms with Crippen molar-refractivity contribution in [3.8, 4) is 0 Å². The molecule has 2 amide bonds. The Morgan fingerprint density at radius 1 is 1.29 bits per heavy atom. The molecule has 1 aliphatic heterocycles. The van der Waals surface area contributed by atoms with Crippen LogP contribution in [0.2, 0.25) is 0 Å². The number of hydrogen-bond acceptors (Lipinski definition) is 2. The van der Waals surface area contributed by atoms with Crippen molar-refractivity contribution in [1.29, 1.82) is 0 Å². The molecule has 2 heterocycles. The van der Waals surface area contributed by atoms with Crippen LogP contribution in [0.3, 0.4) is 0 Å². The molecule has 24 heavy (non-hydrogen) atoms. The summed E-state index contributed by atoms with van der Waals surface area (Å²) in [4.78, 5) is 26.6. The highest BCUT2D eigenvalue weighted by Gasteiger charge is 2.26. The maximum Gasteiger partial charge on any atom is 0.227 e. The number of rotatable bonds is 4. The monoisotopic (exact) mass is 329 g/mol. The summed E-state index contributed by atoms with van der Waals surface area (Å²) in [5.41, 5.74) is 2.44. The molecule has 0 spiro atoms. The number of allylic oxidation sites excluding steroid dienone is 1. The molecular weight excluding hydrogens is 302 g/mol. The maximum absolute atomic E-state index is 12.8. The van der Waals surface area contributed by atoms with Gasteiger partial charge in [0, 0.05) is 50.8 Å². The number of aromatic nitrogens is 1. The van der Waals surface area contributed by atoms with Crippen molar-refractivity contribution in [3.63, 3.8) is 0 Å². The quantitative estimate of drug-likeness (QED) is 0.863. The fourth-order valence-corrected chi connectivity index (χ4v) is 3.73. The van der Waals surface area contributed by atoms with Crippen LogP contribution in [0.4, 0.5) is 0 Å². The molecule has 3 rings (SSSR count). The first kappa shape index (κ1) is 16.8. The van der Waals surface area contributed by atoms with Crippen LogP contribution in [0.25, 0.3) is 0 Å². The number of nitrogens with one attached hydrogen (secondary N) is 1. The predicted octanol–water partition coefficient (Wildman–Crippen LogP) is 2.47. The minimum atomic E-state index is 0.0398. The minimum Gasteiger partial charge on any atom is -0.359 e. The molecule has 1 atom stereocenters. The van der Waals surface area contributed by atoms with E-state index in [4.69, 9.17) is 0 Å². The number of carbonyl (C=O) groups is 2. The molecule has 5 heteroatoms. The van der Waals surface area contributed by atoms with E-state index in [2.05, 4.69) is 22.0 Å². The Labute approximate surface area is 143 Å². The van der Waals surface area contributed by atoms with Crippen LogP contribution in [0, 0.1) is 5.92 Å². The lowest BCUT2D eigenvalue weighted by Crippen LogP contribution is -2.35. The van der Waals surface area contributed by atoms with Gasteiger partial charge in [0.25, 0.3) is 0 Å². The van der Waals surface area contributed by atoms with Crippen LogP contribution in [0.15, 0.2) is 30.0 Å². The Bertz CT molecular complexity index is 632. The molecule has 5 nitrogen and oxygen atoms in total. The molecule has 1 aromatic heterocycles. The zero-order valence-electron chi connectivity index (χ0n) is 14.5. The van der Waals surface area contributed by atoms with Gasteiger partial charge in [0.05, 0.1) is 6.54 Å². The summed E-state index contributed by atoms with van der Waals surface area (Å²) in [5, 5.41) is 2.70. The van der Waals surface area contributed by atoms with Gasteiger partial charge in [-0.25, -0.2) is 0 Å². The average molecular weight is 329 g/mol. The standard InChI is InChI=1S/C19H27N3O2/c1-20-18(23)10-16-12-21-9-5-8-17(21)14-22(13-16)19(24)11-15-6-3-2-4-7-15/h5-6,8-9,16H,2-4,7,10-14H2,1H3,(H,20,23). The summed E-state index contributed by atoms with van der Waals surface area (Å²) in [7, 11) is 1.67. The van der Waals surface area contributed by atoms with Crippen LogP contribution in [-0.4, -0.2) is 34.9 Å². The van der Waals surface area contributed by atoms with Crippen molar-refractivity contribution < 1.29 is 9.59 Å². The number of fused-ring (bicyclic) bond motifs is 1. The van der Waals surface area contributed by atoms with Crippen molar-refractivity contribution in [2.24, 2.45) is 5.92 Å². The first-order valence-corrected chi connectivity index (χ1v) is 8.96. The topological polar surface area (TPSA) is 54.3 Å². The average Bonchev–Trinajstić information content (AvgIpc) is 2.94. The van der Waals surface area contributed by atoms with Gasteiger partial charge in [0.1, 0.15) is 0 Å². The largest absolute Gasteiger partial charge is 0.359 e. The highest BCUT2D eigenvalue weighted by Crippen LogP contribution is 2.24. The van der Waals surface area contributed by atoms with Crippen LogP contribution < -0.4 is 5.32 Å². The Balaban J connectivity index is 1.72. The molecule has 0 fully saturated rings. The lowest BCUT2D eigenvalue weighted by molar-refractivity contribution is -0.132. The van der Waals surface area contributed by atoms with Gasteiger partial charge < -0.3 is 14.8 Å². The van der Waals surface area contributed by atoms with Crippen molar-refractivity contribution in [2.75, 3.05) is 13.6 Å². The highest BCUT2D eigenvalue weighted by atomic mass is 16.2. The summed E-state index contributed by atoms with van der Waals surface area (Å²) >= 11 is 0. The van der Waals surface area contributed by atoms with E-state index < -0.39 is 0 Å². The Hall–Kier alpha value is -2.04. The van der Waals surface area contributed by atoms with Crippen LogP contribution in [-0.2, 0) is 22.7 Å². The highest BCUT2D eigenvalue weighted by molar-refractivity contribution is 5.79. The Kier molecular flexibility index (Phi) is 5.38. The van der Waals surface area contributed by atoms with Crippen molar-refractivity contribution in [3.05, 3.63) is 35.7 Å². The molecule has 0 radical (unpaired) electrons. The van der Waals surface area contributed by atoms with E-state index in [9.17, 15) is 9.59 Å². The van der Waals surface area contributed by atoms with E-state index in [0.29, 0.717) is 25.9 Å². The van der Waals surface area contributed by atoms with Crippen molar-refractivity contribution >= 4 is 11.8 Å². The van der Waals surface area contributed by atoms with E-state index >= 15 is 0 Å². The molecule has 0 bridgehead atoms. The molecule has 1 unspecified atom stereocenters. The van der Waals surface area contributed by atoms with Gasteiger partial charge >= 0.3 is 0 Å². The molecule has 1 aliphatic carbocycles. The van der Waals surface area contributed by atoms with Gasteiger partial charge in [-0.1, -0.05) is 11.6 Å². The van der Waals surface area contributed by atoms with Crippen molar-refractivity contribution in [1.82, 2.24) is 14.8 Å². The fourth-order valence-electron chi connectivity index (χ4n) is 3.73. The summed E-state index contributed by atoms with van der Waals surface area (Å²) in [6.45, 7) is 2.09. The second kappa shape index (κ2) is 7.69. The van der Waals surface area contributed by atoms with E-state index in [1.807, 2.05) is 17.2 Å². The smallest absolute Gasteiger partial charge is 0.227 e. The summed E-state index contributed by atoms with van der Waals surface area (Å²) in [6, 6.07) is 4.09. The van der Waals surface area contributed by atoms with Crippen LogP contribution >= 0.6 is 0 Å². The van der Waals surface area contributed by atoms with Gasteiger partial charge in [0.15, 0.2) is 0 Å². The minimum absolute atomic E-state index is 0.0398. The van der Waals surface area contributed by atoms with E-state index in [1.54, 1.807) is 7.05 Å². The van der Waals surface area contributed by atoms with E-state index in [1.165, 1.54) is 18.4 Å². The SMILES string of the molecule is CNC(=O)CC1CN(C(=O)CC2=CCCCC2)Cc2cccn2C1. The Morgan fingerprint density at radius 2 is 2.17 bits per heavy atom. The first-order chi connectivity index (χ1) is 11.7. The number of amides is 2. The fraction of sp³-hybridized carbons (Fsp3) is 0.579. The second-order valence-electron chi connectivity index (χ2n) is 6.95. The predicted molar refractivity (Wildman–Crippen MR) is 93.2 cm³/mol. The van der Waals surface area contributed by atoms with Gasteiger partial charge in [0.2, 0.25) is 11.8 Å². The van der Waals surface area contributed by atoms with Crippen LogP contribution in [0.5, 0.6) is 0 Å². The molecule has 2 aliphatic rings. The van der Waals surface area contributed by atoms with Gasteiger partial charge in [-0.2, -0.15) is 0 Å². The number of nitrogens with zero attached hydrogens (tertiary/aromatic N) is 2. The summed E-state index contributed by atoms with van der Waals surface area (Å²) < 4.78 is 2.18. The normalized spacial score (nSPS) is 20.8. The van der Waals surface area contributed by atoms with Crippen LogP contribution in [0.1, 0.15) is 44.2 Å². The molecule has 1 aromatic rings. The zero-order chi connectivity index (χ0) is 16.9. The summed E-state index contributed by atoms with van der Waals surface area (Å²) in [6.07, 6.45) is 9.87. The molecule has 0 saturated heterocycles. The van der Waals surface area contributed by atoms with E-state index in [-0.39, 0.29) is 17.7 Å². The third-order valence-corrected chi connectivity index (χ3v) is 5.08. The van der Waals surface area contributed by atoms with E-state index in [0.717, 1.165) is 25.1 Å². The second-order valence-corrected chi connectivity index (χ2v) is 6.95. The molecular formula is C19H27N3O2. The van der Waals surface area contributed by atoms with Crippen molar-refractivity contribution in [2.45, 2.75) is 51.6 Å². The molecule has 0 aromatic carbocycles. The molecule has 0 saturated carbocycles. The number of hydrogen-bond donors (Lipinski definition) is 1. The molecule has 130 valence electrons. The van der Waals surface area contributed by atoms with Gasteiger partial charge in [-0.15, -0.1) is 0 Å². The van der Waals surface area contributed by atoms with Gasteiger partial charge in [-0.05, 0) is 37.8 Å². The lowest BCUT2D eigenvalue weighted by Gasteiger charge is -2.25. The van der Waals surface area contributed by atoms with Gasteiger partial charge in [-0.3, -0.25) is 9.59 Å². The zero-order valence-corrected chi connectivity index (χ0v) is 14.5. The summed E-state index contributed by atoms with van der Waals surface area (Å²) in [5.74, 6) is 0.389. The number of carbonyl (C=O) groups excluding carboxylic acids is 2. The third kappa shape index (κ3) is 4.08. The Morgan fingerprint density at radius 3 is 2.92 bits per heavy atom. The first-order valence-electron chi connectivity index (χ1n) is 8.96. The third-order valence-electron chi connectivity index (χ3n) is 5.08. The maximum atomic E-state index is 12.8. The lowest BCUT2D eigenvalue weighted by atomic mass is 9.96. The molecule has 1 N–H and O–H groups in total.